The molecular formula is C13H21NO4. The predicted molar refractivity (Wildman–Crippen MR) is 65.1 cm³/mol. The maximum Gasteiger partial charge on any atom is 0.326 e. The second-order valence-corrected chi connectivity index (χ2v) is 5.36. The summed E-state index contributed by atoms with van der Waals surface area (Å²) in [5, 5.41) is 11.9. The quantitative estimate of drug-likeness (QED) is 0.773. The topological polar surface area (TPSA) is 75.6 Å². The van der Waals surface area contributed by atoms with Gasteiger partial charge in [0.05, 0.1) is 6.61 Å². The minimum atomic E-state index is -0.951. The molecular weight excluding hydrogens is 234 g/mol. The highest BCUT2D eigenvalue weighted by molar-refractivity contribution is 5.83. The Morgan fingerprint density at radius 3 is 2.56 bits per heavy atom. The second kappa shape index (κ2) is 6.18. The largest absolute Gasteiger partial charge is 0.480 e. The number of carboxylic acids is 1. The Morgan fingerprint density at radius 2 is 2.06 bits per heavy atom. The minimum absolute atomic E-state index is 0.0957. The van der Waals surface area contributed by atoms with Crippen LogP contribution in [0.4, 0.5) is 0 Å². The zero-order valence-corrected chi connectivity index (χ0v) is 10.6. The fraction of sp³-hybridized carbons (Fsp3) is 0.846. The fourth-order valence-electron chi connectivity index (χ4n) is 2.60. The molecule has 1 saturated carbocycles. The van der Waals surface area contributed by atoms with Gasteiger partial charge in [-0.2, -0.15) is 0 Å². The van der Waals surface area contributed by atoms with Crippen LogP contribution in [0.25, 0.3) is 0 Å². The van der Waals surface area contributed by atoms with E-state index in [1.165, 1.54) is 6.42 Å². The van der Waals surface area contributed by atoms with E-state index in [2.05, 4.69) is 5.32 Å². The van der Waals surface area contributed by atoms with Gasteiger partial charge in [-0.05, 0) is 31.6 Å². The van der Waals surface area contributed by atoms with Crippen LogP contribution in [0.15, 0.2) is 0 Å². The number of carbonyl (C=O) groups excluding carboxylic acids is 1. The van der Waals surface area contributed by atoms with E-state index in [-0.39, 0.29) is 11.8 Å². The number of amides is 1. The Hall–Kier alpha value is -1.10. The number of carboxylic acid groups (broad SMARTS) is 1. The Bertz CT molecular complexity index is 308. The molecule has 2 unspecified atom stereocenters. The highest BCUT2D eigenvalue weighted by Crippen LogP contribution is 2.29. The van der Waals surface area contributed by atoms with Gasteiger partial charge >= 0.3 is 5.97 Å². The van der Waals surface area contributed by atoms with Gasteiger partial charge in [-0.15, -0.1) is 0 Å². The SMILES string of the molecule is O=C(CC1CCC1)NC(C(=O)O)C1CCCOC1. The number of nitrogens with one attached hydrogen (secondary N) is 1. The molecule has 1 aliphatic heterocycles. The van der Waals surface area contributed by atoms with Crippen molar-refractivity contribution in [2.45, 2.75) is 44.6 Å². The summed E-state index contributed by atoms with van der Waals surface area (Å²) >= 11 is 0. The summed E-state index contributed by atoms with van der Waals surface area (Å²) in [6.45, 7) is 1.12. The molecule has 0 spiro atoms. The summed E-state index contributed by atoms with van der Waals surface area (Å²) in [5.41, 5.74) is 0. The van der Waals surface area contributed by atoms with Crippen molar-refractivity contribution < 1.29 is 19.4 Å². The van der Waals surface area contributed by atoms with E-state index in [4.69, 9.17) is 4.74 Å². The Balaban J connectivity index is 1.84. The summed E-state index contributed by atoms with van der Waals surface area (Å²) in [6.07, 6.45) is 5.52. The molecule has 0 aromatic carbocycles. The number of ether oxygens (including phenoxy) is 1. The maximum absolute atomic E-state index is 11.8. The number of hydrogen-bond donors (Lipinski definition) is 2. The Labute approximate surface area is 107 Å². The molecule has 102 valence electrons. The monoisotopic (exact) mass is 255 g/mol. The van der Waals surface area contributed by atoms with Crippen molar-refractivity contribution in [2.24, 2.45) is 11.8 Å². The first kappa shape index (κ1) is 13.3. The van der Waals surface area contributed by atoms with Crippen LogP contribution in [-0.4, -0.2) is 36.2 Å². The van der Waals surface area contributed by atoms with Crippen LogP contribution in [0.1, 0.15) is 38.5 Å². The summed E-state index contributed by atoms with van der Waals surface area (Å²) in [5.74, 6) is -0.714. The van der Waals surface area contributed by atoms with Crippen LogP contribution in [0.2, 0.25) is 0 Å². The lowest BCUT2D eigenvalue weighted by molar-refractivity contribution is -0.145. The van der Waals surface area contributed by atoms with E-state index in [1.54, 1.807) is 0 Å². The normalized spacial score (nSPS) is 26.1. The van der Waals surface area contributed by atoms with Gasteiger partial charge < -0.3 is 15.2 Å². The molecule has 5 nitrogen and oxygen atoms in total. The summed E-state index contributed by atoms with van der Waals surface area (Å²) in [7, 11) is 0. The number of hydrogen-bond acceptors (Lipinski definition) is 3. The molecule has 2 N–H and O–H groups in total. The molecule has 2 fully saturated rings. The molecule has 18 heavy (non-hydrogen) atoms. The van der Waals surface area contributed by atoms with E-state index in [1.807, 2.05) is 0 Å². The second-order valence-electron chi connectivity index (χ2n) is 5.36. The van der Waals surface area contributed by atoms with Gasteiger partial charge in [-0.25, -0.2) is 4.79 Å². The van der Waals surface area contributed by atoms with Crippen molar-refractivity contribution >= 4 is 11.9 Å². The first-order valence-corrected chi connectivity index (χ1v) is 6.76. The number of aliphatic carboxylic acids is 1. The highest BCUT2D eigenvalue weighted by atomic mass is 16.5. The van der Waals surface area contributed by atoms with Gasteiger partial charge in [0.2, 0.25) is 5.91 Å². The van der Waals surface area contributed by atoms with Gasteiger partial charge in [0.15, 0.2) is 0 Å². The van der Waals surface area contributed by atoms with E-state index in [0.29, 0.717) is 25.6 Å². The maximum atomic E-state index is 11.8. The average molecular weight is 255 g/mol. The summed E-state index contributed by atoms with van der Waals surface area (Å²) < 4.78 is 5.29. The smallest absolute Gasteiger partial charge is 0.326 e. The van der Waals surface area contributed by atoms with E-state index in [0.717, 1.165) is 25.7 Å². The van der Waals surface area contributed by atoms with Gasteiger partial charge in [0.1, 0.15) is 6.04 Å². The molecule has 5 heteroatoms. The predicted octanol–water partition coefficient (Wildman–Crippen LogP) is 1.17. The van der Waals surface area contributed by atoms with Crippen molar-refractivity contribution in [2.75, 3.05) is 13.2 Å². The third kappa shape index (κ3) is 3.45. The zero-order valence-electron chi connectivity index (χ0n) is 10.6. The molecule has 2 rings (SSSR count). The van der Waals surface area contributed by atoms with Crippen molar-refractivity contribution in [1.82, 2.24) is 5.32 Å². The average Bonchev–Trinajstić information content (AvgIpc) is 2.31. The molecule has 0 aromatic rings. The van der Waals surface area contributed by atoms with Crippen molar-refractivity contribution in [3.63, 3.8) is 0 Å². The van der Waals surface area contributed by atoms with Crippen LogP contribution >= 0.6 is 0 Å². The fourth-order valence-corrected chi connectivity index (χ4v) is 2.60. The highest BCUT2D eigenvalue weighted by Gasteiger charge is 2.32. The molecule has 1 aliphatic carbocycles. The van der Waals surface area contributed by atoms with Crippen molar-refractivity contribution in [3.05, 3.63) is 0 Å². The van der Waals surface area contributed by atoms with Crippen LogP contribution in [-0.2, 0) is 14.3 Å². The lowest BCUT2D eigenvalue weighted by atomic mass is 9.82. The molecule has 2 aliphatic rings. The standard InChI is InChI=1S/C13H21NO4/c15-11(7-9-3-1-4-9)14-12(13(16)17)10-5-2-6-18-8-10/h9-10,12H,1-8H2,(H,14,15)(H,16,17). The molecule has 0 bridgehead atoms. The first-order valence-electron chi connectivity index (χ1n) is 6.76. The van der Waals surface area contributed by atoms with Crippen molar-refractivity contribution in [3.8, 4) is 0 Å². The van der Waals surface area contributed by atoms with Gasteiger partial charge in [0.25, 0.3) is 0 Å². The van der Waals surface area contributed by atoms with Crippen LogP contribution in [0.5, 0.6) is 0 Å². The van der Waals surface area contributed by atoms with E-state index >= 15 is 0 Å². The van der Waals surface area contributed by atoms with Crippen LogP contribution in [0.3, 0.4) is 0 Å². The number of carbonyl (C=O) groups is 2. The summed E-state index contributed by atoms with van der Waals surface area (Å²) in [6, 6.07) is -0.794. The summed E-state index contributed by atoms with van der Waals surface area (Å²) in [4.78, 5) is 23.0. The van der Waals surface area contributed by atoms with Gasteiger partial charge in [-0.1, -0.05) is 6.42 Å². The molecule has 1 heterocycles. The van der Waals surface area contributed by atoms with E-state index in [9.17, 15) is 14.7 Å². The lowest BCUT2D eigenvalue weighted by Gasteiger charge is -2.29. The van der Waals surface area contributed by atoms with E-state index < -0.39 is 12.0 Å². The third-order valence-electron chi connectivity index (χ3n) is 3.95. The van der Waals surface area contributed by atoms with Gasteiger partial charge in [0, 0.05) is 18.9 Å². The van der Waals surface area contributed by atoms with Crippen LogP contribution < -0.4 is 5.32 Å². The molecule has 1 saturated heterocycles. The third-order valence-corrected chi connectivity index (χ3v) is 3.95. The first-order chi connectivity index (χ1) is 8.66. The molecule has 2 atom stereocenters. The molecule has 0 aromatic heterocycles. The van der Waals surface area contributed by atoms with Gasteiger partial charge in [-0.3, -0.25) is 4.79 Å². The molecule has 0 radical (unpaired) electrons. The molecule has 1 amide bonds. The Kier molecular flexibility index (Phi) is 4.58. The zero-order chi connectivity index (χ0) is 13.0. The number of rotatable bonds is 5. The lowest BCUT2D eigenvalue weighted by Crippen LogP contribution is -2.48. The van der Waals surface area contributed by atoms with Crippen molar-refractivity contribution in [1.29, 1.82) is 0 Å². The Morgan fingerprint density at radius 1 is 1.28 bits per heavy atom. The minimum Gasteiger partial charge on any atom is -0.480 e. The van der Waals surface area contributed by atoms with Crippen LogP contribution in [0, 0.1) is 11.8 Å².